The third-order valence-electron chi connectivity index (χ3n) is 6.49. The van der Waals surface area contributed by atoms with E-state index in [2.05, 4.69) is 10.3 Å². The molecule has 0 fully saturated rings. The highest BCUT2D eigenvalue weighted by Crippen LogP contribution is 2.40. The minimum absolute atomic E-state index is 0.302. The van der Waals surface area contributed by atoms with Gasteiger partial charge in [0.15, 0.2) is 0 Å². The van der Waals surface area contributed by atoms with E-state index < -0.39 is 5.91 Å². The monoisotopic (exact) mass is 441 g/mol. The maximum atomic E-state index is 13.2. The van der Waals surface area contributed by atoms with E-state index in [1.54, 1.807) is 6.07 Å². The molecule has 0 saturated heterocycles. The van der Waals surface area contributed by atoms with Crippen molar-refractivity contribution < 1.29 is 14.0 Å². The van der Waals surface area contributed by atoms with Crippen molar-refractivity contribution in [3.05, 3.63) is 88.4 Å². The molecule has 2 amide bonds. The van der Waals surface area contributed by atoms with Crippen molar-refractivity contribution in [1.29, 1.82) is 0 Å². The van der Waals surface area contributed by atoms with Crippen molar-refractivity contribution in [2.45, 2.75) is 32.6 Å². The van der Waals surface area contributed by atoms with E-state index in [9.17, 15) is 14.0 Å². The van der Waals surface area contributed by atoms with Gasteiger partial charge in [-0.1, -0.05) is 18.2 Å². The quantitative estimate of drug-likeness (QED) is 0.390. The Morgan fingerprint density at radius 3 is 2.48 bits per heavy atom. The Morgan fingerprint density at radius 2 is 1.73 bits per heavy atom. The lowest BCUT2D eigenvalue weighted by atomic mass is 9.89. The summed E-state index contributed by atoms with van der Waals surface area (Å²) in [7, 11) is 0. The number of halogens is 1. The van der Waals surface area contributed by atoms with Crippen LogP contribution in [0, 0.1) is 12.7 Å². The first-order valence-electron chi connectivity index (χ1n) is 11.1. The molecule has 5 nitrogen and oxygen atoms in total. The van der Waals surface area contributed by atoms with Crippen LogP contribution in [0.3, 0.4) is 0 Å². The SMILES string of the molecule is Cc1c(NC(=O)c2ccc(F)cc2)cccc1-c1ccc(C(N)=O)c2[nH]c3c(c12)CCCC3. The highest BCUT2D eigenvalue weighted by Gasteiger charge is 2.23. The Morgan fingerprint density at radius 1 is 0.970 bits per heavy atom. The number of carbonyl (C=O) groups excluding carboxylic acids is 2. The number of carbonyl (C=O) groups is 2. The molecule has 1 heterocycles. The van der Waals surface area contributed by atoms with E-state index in [4.69, 9.17) is 5.73 Å². The third-order valence-corrected chi connectivity index (χ3v) is 6.49. The van der Waals surface area contributed by atoms with Crippen molar-refractivity contribution >= 4 is 28.4 Å². The van der Waals surface area contributed by atoms with Crippen molar-refractivity contribution in [1.82, 2.24) is 4.98 Å². The number of H-pyrrole nitrogens is 1. The summed E-state index contributed by atoms with van der Waals surface area (Å²) < 4.78 is 13.2. The van der Waals surface area contributed by atoms with Gasteiger partial charge in [-0.15, -0.1) is 0 Å². The summed E-state index contributed by atoms with van der Waals surface area (Å²) in [4.78, 5) is 28.3. The molecule has 0 aliphatic heterocycles. The Bertz CT molecular complexity index is 1400. The van der Waals surface area contributed by atoms with Gasteiger partial charge in [0, 0.05) is 22.3 Å². The van der Waals surface area contributed by atoms with Crippen molar-refractivity contribution in [3.8, 4) is 11.1 Å². The fraction of sp³-hybridized carbons (Fsp3) is 0.185. The van der Waals surface area contributed by atoms with Crippen molar-refractivity contribution in [2.75, 3.05) is 5.32 Å². The second kappa shape index (κ2) is 8.20. The van der Waals surface area contributed by atoms with Gasteiger partial charge in [0.05, 0.1) is 11.1 Å². The van der Waals surface area contributed by atoms with Gasteiger partial charge in [-0.3, -0.25) is 9.59 Å². The van der Waals surface area contributed by atoms with Gasteiger partial charge in [0.2, 0.25) is 0 Å². The molecule has 4 aromatic rings. The van der Waals surface area contributed by atoms with Crippen LogP contribution < -0.4 is 11.1 Å². The summed E-state index contributed by atoms with van der Waals surface area (Å²) in [6.07, 6.45) is 4.12. The number of aromatic amines is 1. The summed E-state index contributed by atoms with van der Waals surface area (Å²) in [6, 6.07) is 14.9. The number of nitrogens with two attached hydrogens (primary N) is 1. The number of nitrogens with one attached hydrogen (secondary N) is 2. The number of hydrogen-bond acceptors (Lipinski definition) is 2. The predicted octanol–water partition coefficient (Wildman–Crippen LogP) is 5.51. The smallest absolute Gasteiger partial charge is 0.255 e. The van der Waals surface area contributed by atoms with Gasteiger partial charge >= 0.3 is 0 Å². The number of rotatable bonds is 4. The number of fused-ring (bicyclic) bond motifs is 3. The summed E-state index contributed by atoms with van der Waals surface area (Å²) in [5.74, 6) is -1.14. The second-order valence-electron chi connectivity index (χ2n) is 8.50. The van der Waals surface area contributed by atoms with E-state index in [0.717, 1.165) is 53.3 Å². The maximum absolute atomic E-state index is 13.2. The molecule has 1 aliphatic carbocycles. The van der Waals surface area contributed by atoms with E-state index in [-0.39, 0.29) is 11.7 Å². The fourth-order valence-corrected chi connectivity index (χ4v) is 4.80. The van der Waals surface area contributed by atoms with Gasteiger partial charge < -0.3 is 16.0 Å². The first-order valence-corrected chi connectivity index (χ1v) is 11.1. The minimum Gasteiger partial charge on any atom is -0.366 e. The van der Waals surface area contributed by atoms with Gasteiger partial charge in [-0.05, 0) is 91.3 Å². The Hall–Kier alpha value is -3.93. The Balaban J connectivity index is 1.62. The molecule has 166 valence electrons. The molecule has 33 heavy (non-hydrogen) atoms. The fourth-order valence-electron chi connectivity index (χ4n) is 4.80. The van der Waals surface area contributed by atoms with Crippen LogP contribution in [0.2, 0.25) is 0 Å². The standard InChI is InChI=1S/C27H24FN3O2/c1-15-18(6-4-8-22(15)31-27(33)16-9-11-17(28)12-10-16)19-13-14-21(26(29)32)25-24(19)20-5-2-3-7-23(20)30-25/h4,6,8-14,30H,2-3,5,7H2,1H3,(H2,29,32)(H,31,33). The van der Waals surface area contributed by atoms with Crippen molar-refractivity contribution in [2.24, 2.45) is 5.73 Å². The molecule has 0 spiro atoms. The van der Waals surface area contributed by atoms with Crippen LogP contribution in [0.5, 0.6) is 0 Å². The van der Waals surface area contributed by atoms with Crippen LogP contribution in [0.4, 0.5) is 10.1 Å². The number of benzene rings is 3. The van der Waals surface area contributed by atoms with E-state index >= 15 is 0 Å². The summed E-state index contributed by atoms with van der Waals surface area (Å²) in [6.45, 7) is 1.96. The van der Waals surface area contributed by atoms with E-state index in [0.29, 0.717) is 16.8 Å². The number of amides is 2. The van der Waals surface area contributed by atoms with Gasteiger partial charge in [-0.25, -0.2) is 4.39 Å². The molecule has 0 atom stereocenters. The summed E-state index contributed by atoms with van der Waals surface area (Å²) >= 11 is 0. The zero-order valence-electron chi connectivity index (χ0n) is 18.3. The van der Waals surface area contributed by atoms with Crippen LogP contribution in [0.1, 0.15) is 50.4 Å². The van der Waals surface area contributed by atoms with Crippen LogP contribution in [0.25, 0.3) is 22.0 Å². The third kappa shape index (κ3) is 3.67. The van der Waals surface area contributed by atoms with Crippen molar-refractivity contribution in [3.63, 3.8) is 0 Å². The minimum atomic E-state index is -0.456. The van der Waals surface area contributed by atoms with Crippen LogP contribution in [-0.2, 0) is 12.8 Å². The largest absolute Gasteiger partial charge is 0.366 e. The molecule has 3 aromatic carbocycles. The Kier molecular flexibility index (Phi) is 5.21. The zero-order chi connectivity index (χ0) is 23.1. The topological polar surface area (TPSA) is 88.0 Å². The first kappa shape index (κ1) is 20.9. The normalized spacial score (nSPS) is 13.0. The number of hydrogen-bond donors (Lipinski definition) is 3. The lowest BCUT2D eigenvalue weighted by Crippen LogP contribution is -2.13. The average molecular weight is 442 g/mol. The van der Waals surface area contributed by atoms with Crippen LogP contribution >= 0.6 is 0 Å². The van der Waals surface area contributed by atoms with Crippen LogP contribution in [-0.4, -0.2) is 16.8 Å². The molecule has 1 aromatic heterocycles. The molecule has 0 radical (unpaired) electrons. The van der Waals surface area contributed by atoms with Gasteiger partial charge in [0.1, 0.15) is 5.82 Å². The highest BCUT2D eigenvalue weighted by atomic mass is 19.1. The molecule has 5 rings (SSSR count). The van der Waals surface area contributed by atoms with Crippen LogP contribution in [0.15, 0.2) is 54.6 Å². The molecule has 1 aliphatic rings. The maximum Gasteiger partial charge on any atom is 0.255 e. The Labute approximate surface area is 190 Å². The zero-order valence-corrected chi connectivity index (χ0v) is 18.3. The van der Waals surface area contributed by atoms with E-state index in [1.165, 1.54) is 35.5 Å². The molecule has 4 N–H and O–H groups in total. The highest BCUT2D eigenvalue weighted by molar-refractivity contribution is 6.11. The molecular weight excluding hydrogens is 417 g/mol. The number of aromatic nitrogens is 1. The van der Waals surface area contributed by atoms with E-state index in [1.807, 2.05) is 31.2 Å². The molecule has 6 heteroatoms. The van der Waals surface area contributed by atoms with Gasteiger partial charge in [-0.2, -0.15) is 0 Å². The number of anilines is 1. The summed E-state index contributed by atoms with van der Waals surface area (Å²) in [5.41, 5.74) is 13.3. The lowest BCUT2D eigenvalue weighted by molar-refractivity contribution is 0.0998. The number of aryl methyl sites for hydroxylation is 2. The molecule has 0 saturated carbocycles. The number of primary amides is 1. The first-order chi connectivity index (χ1) is 15.9. The molecule has 0 bridgehead atoms. The van der Waals surface area contributed by atoms with Gasteiger partial charge in [0.25, 0.3) is 11.8 Å². The summed E-state index contributed by atoms with van der Waals surface area (Å²) in [5, 5.41) is 3.98. The average Bonchev–Trinajstić information content (AvgIpc) is 3.20. The second-order valence-corrected chi connectivity index (χ2v) is 8.50. The molecule has 0 unspecified atom stereocenters. The lowest BCUT2D eigenvalue weighted by Gasteiger charge is -2.16. The molecular formula is C27H24FN3O2. The predicted molar refractivity (Wildman–Crippen MR) is 128 cm³/mol.